The second-order valence-electron chi connectivity index (χ2n) is 7.14. The van der Waals surface area contributed by atoms with Gasteiger partial charge in [0.15, 0.2) is 0 Å². The Hall–Kier alpha value is -2.59. The summed E-state index contributed by atoms with van der Waals surface area (Å²) in [4.78, 5) is 0. The van der Waals surface area contributed by atoms with E-state index < -0.39 is 0 Å². The maximum atomic E-state index is 5.65. The van der Waals surface area contributed by atoms with Crippen LogP contribution in [0, 0.1) is 0 Å². The molecule has 0 unspecified atom stereocenters. The van der Waals surface area contributed by atoms with Crippen molar-refractivity contribution in [2.75, 3.05) is 7.11 Å². The van der Waals surface area contributed by atoms with Crippen LogP contribution in [0.4, 0.5) is 0 Å². The molecule has 4 heteroatoms. The summed E-state index contributed by atoms with van der Waals surface area (Å²) in [6.45, 7) is 6.93. The Bertz CT molecular complexity index is 913. The first kappa shape index (κ1) is 16.9. The standard InChI is InChI=1S/C22H25N3O/c1-15(2)17-9-10-21(26-3)18(11-17)22-19-12-23-13-20(19)25(24-22)14-16-7-5-4-6-8-16/h4-11,15,23H,12-14H2,1-3H3. The van der Waals surface area contributed by atoms with Gasteiger partial charge >= 0.3 is 0 Å². The Morgan fingerprint density at radius 1 is 1.12 bits per heavy atom. The summed E-state index contributed by atoms with van der Waals surface area (Å²) in [5, 5.41) is 8.48. The molecule has 2 aromatic carbocycles. The quantitative estimate of drug-likeness (QED) is 0.746. The monoisotopic (exact) mass is 347 g/mol. The molecule has 0 fully saturated rings. The van der Waals surface area contributed by atoms with Gasteiger partial charge in [-0.3, -0.25) is 4.68 Å². The van der Waals surface area contributed by atoms with Gasteiger partial charge < -0.3 is 10.1 Å². The van der Waals surface area contributed by atoms with Crippen LogP contribution in [0.25, 0.3) is 11.3 Å². The van der Waals surface area contributed by atoms with Crippen LogP contribution >= 0.6 is 0 Å². The van der Waals surface area contributed by atoms with E-state index in [4.69, 9.17) is 9.84 Å². The third-order valence-corrected chi connectivity index (χ3v) is 5.08. The van der Waals surface area contributed by atoms with Gasteiger partial charge in [-0.2, -0.15) is 5.10 Å². The van der Waals surface area contributed by atoms with Gasteiger partial charge in [0.2, 0.25) is 0 Å². The van der Waals surface area contributed by atoms with Crippen molar-refractivity contribution in [3.63, 3.8) is 0 Å². The third kappa shape index (κ3) is 3.01. The van der Waals surface area contributed by atoms with Gasteiger partial charge in [-0.15, -0.1) is 0 Å². The van der Waals surface area contributed by atoms with Crippen LogP contribution in [-0.2, 0) is 19.6 Å². The van der Waals surface area contributed by atoms with Gasteiger partial charge in [0.1, 0.15) is 11.4 Å². The smallest absolute Gasteiger partial charge is 0.128 e. The lowest BCUT2D eigenvalue weighted by Crippen LogP contribution is -2.10. The summed E-state index contributed by atoms with van der Waals surface area (Å²) < 4.78 is 7.79. The van der Waals surface area contributed by atoms with E-state index >= 15 is 0 Å². The number of ether oxygens (including phenoxy) is 1. The number of hydrogen-bond acceptors (Lipinski definition) is 3. The largest absolute Gasteiger partial charge is 0.496 e. The molecule has 0 atom stereocenters. The third-order valence-electron chi connectivity index (χ3n) is 5.08. The van der Waals surface area contributed by atoms with Crippen molar-refractivity contribution >= 4 is 0 Å². The zero-order valence-corrected chi connectivity index (χ0v) is 15.6. The zero-order valence-electron chi connectivity index (χ0n) is 15.6. The average molecular weight is 347 g/mol. The Labute approximate surface area is 154 Å². The van der Waals surface area contributed by atoms with Gasteiger partial charge in [0.25, 0.3) is 0 Å². The Morgan fingerprint density at radius 2 is 1.92 bits per heavy atom. The second-order valence-corrected chi connectivity index (χ2v) is 7.14. The number of hydrogen-bond donors (Lipinski definition) is 1. The van der Waals surface area contributed by atoms with Gasteiger partial charge in [-0.05, 0) is 29.2 Å². The van der Waals surface area contributed by atoms with Crippen molar-refractivity contribution in [3.05, 3.63) is 70.9 Å². The molecule has 0 aliphatic carbocycles. The summed E-state index contributed by atoms with van der Waals surface area (Å²) >= 11 is 0. The highest BCUT2D eigenvalue weighted by molar-refractivity contribution is 5.72. The van der Waals surface area contributed by atoms with Crippen LogP contribution in [-0.4, -0.2) is 16.9 Å². The molecule has 1 aliphatic heterocycles. The first-order chi connectivity index (χ1) is 12.7. The molecule has 0 radical (unpaired) electrons. The van der Waals surface area contributed by atoms with Gasteiger partial charge in [0.05, 0.1) is 19.3 Å². The number of methoxy groups -OCH3 is 1. The Kier molecular flexibility index (Phi) is 4.51. The first-order valence-electron chi connectivity index (χ1n) is 9.19. The number of benzene rings is 2. The molecule has 0 amide bonds. The van der Waals surface area contributed by atoms with Gasteiger partial charge in [0, 0.05) is 24.2 Å². The minimum Gasteiger partial charge on any atom is -0.496 e. The molecule has 134 valence electrons. The second kappa shape index (κ2) is 6.96. The van der Waals surface area contributed by atoms with Crippen LogP contribution in [0.2, 0.25) is 0 Å². The molecule has 3 aromatic rings. The van der Waals surface area contributed by atoms with Gasteiger partial charge in [-0.25, -0.2) is 0 Å². The van der Waals surface area contributed by atoms with E-state index in [-0.39, 0.29) is 0 Å². The van der Waals surface area contributed by atoms with Crippen LogP contribution in [0.3, 0.4) is 0 Å². The molecule has 0 saturated carbocycles. The van der Waals surface area contributed by atoms with E-state index in [9.17, 15) is 0 Å². The van der Waals surface area contributed by atoms with Crippen LogP contribution < -0.4 is 10.1 Å². The van der Waals surface area contributed by atoms with Crippen molar-refractivity contribution in [1.82, 2.24) is 15.1 Å². The first-order valence-corrected chi connectivity index (χ1v) is 9.19. The highest BCUT2D eigenvalue weighted by Crippen LogP contribution is 2.36. The van der Waals surface area contributed by atoms with Crippen molar-refractivity contribution in [2.45, 2.75) is 39.4 Å². The number of aromatic nitrogens is 2. The highest BCUT2D eigenvalue weighted by Gasteiger charge is 2.25. The summed E-state index contributed by atoms with van der Waals surface area (Å²) in [6, 6.07) is 16.9. The van der Waals surface area contributed by atoms with Gasteiger partial charge in [-0.1, -0.05) is 50.2 Å². The summed E-state index contributed by atoms with van der Waals surface area (Å²) in [5.74, 6) is 1.35. The molecular weight excluding hydrogens is 322 g/mol. The Morgan fingerprint density at radius 3 is 2.65 bits per heavy atom. The SMILES string of the molecule is COc1ccc(C(C)C)cc1-c1nn(Cc2ccccc2)c2c1CNC2. The molecule has 0 saturated heterocycles. The molecule has 1 aromatic heterocycles. The van der Waals surface area contributed by atoms with E-state index in [0.29, 0.717) is 5.92 Å². The topological polar surface area (TPSA) is 39.1 Å². The van der Waals surface area contributed by atoms with E-state index in [0.717, 1.165) is 36.6 Å². The zero-order chi connectivity index (χ0) is 18.1. The summed E-state index contributed by atoms with van der Waals surface area (Å²) in [6.07, 6.45) is 0. The minimum absolute atomic E-state index is 0.470. The van der Waals surface area contributed by atoms with E-state index in [1.807, 2.05) is 6.07 Å². The minimum atomic E-state index is 0.470. The fourth-order valence-corrected chi connectivity index (χ4v) is 3.60. The molecule has 4 nitrogen and oxygen atoms in total. The van der Waals surface area contributed by atoms with Crippen molar-refractivity contribution in [2.24, 2.45) is 0 Å². The van der Waals surface area contributed by atoms with Crippen molar-refractivity contribution < 1.29 is 4.74 Å². The fraction of sp³-hybridized carbons (Fsp3) is 0.318. The molecule has 4 rings (SSSR count). The van der Waals surface area contributed by atoms with E-state index in [2.05, 4.69) is 66.3 Å². The average Bonchev–Trinajstić information content (AvgIpc) is 3.26. The maximum absolute atomic E-state index is 5.65. The van der Waals surface area contributed by atoms with E-state index in [1.165, 1.54) is 22.4 Å². The number of nitrogens with one attached hydrogen (secondary N) is 1. The molecular formula is C22H25N3O. The van der Waals surface area contributed by atoms with Crippen LogP contribution in [0.1, 0.15) is 42.1 Å². The normalized spacial score (nSPS) is 13.2. The van der Waals surface area contributed by atoms with Crippen molar-refractivity contribution in [3.8, 4) is 17.0 Å². The fourth-order valence-electron chi connectivity index (χ4n) is 3.60. The molecule has 0 spiro atoms. The van der Waals surface area contributed by atoms with Crippen LogP contribution in [0.5, 0.6) is 5.75 Å². The molecule has 1 aliphatic rings. The van der Waals surface area contributed by atoms with Crippen LogP contribution in [0.15, 0.2) is 48.5 Å². The lowest BCUT2D eigenvalue weighted by Gasteiger charge is -2.12. The molecule has 0 bridgehead atoms. The van der Waals surface area contributed by atoms with Crippen molar-refractivity contribution in [1.29, 1.82) is 0 Å². The predicted molar refractivity (Wildman–Crippen MR) is 104 cm³/mol. The summed E-state index contributed by atoms with van der Waals surface area (Å²) in [7, 11) is 1.73. The number of nitrogens with zero attached hydrogens (tertiary/aromatic N) is 2. The Balaban J connectivity index is 1.81. The van der Waals surface area contributed by atoms with E-state index in [1.54, 1.807) is 7.11 Å². The number of rotatable bonds is 5. The molecule has 2 heterocycles. The lowest BCUT2D eigenvalue weighted by molar-refractivity contribution is 0.416. The predicted octanol–water partition coefficient (Wildman–Crippen LogP) is 4.33. The maximum Gasteiger partial charge on any atom is 0.128 e. The number of fused-ring (bicyclic) bond motifs is 1. The summed E-state index contributed by atoms with van der Waals surface area (Å²) in [5.41, 5.74) is 7.27. The molecule has 26 heavy (non-hydrogen) atoms. The highest BCUT2D eigenvalue weighted by atomic mass is 16.5. The molecule has 1 N–H and O–H groups in total. The lowest BCUT2D eigenvalue weighted by atomic mass is 9.97.